The normalized spacial score (nSPS) is 10.8. The average molecular weight is 284 g/mol. The number of nitrogens with zero attached hydrogens (tertiary/aromatic N) is 4. The zero-order chi connectivity index (χ0) is 13.1. The zero-order valence-electron chi connectivity index (χ0n) is 11.9. The van der Waals surface area contributed by atoms with Gasteiger partial charge in [-0.15, -0.1) is 12.4 Å². The Morgan fingerprint density at radius 1 is 1.00 bits per heavy atom. The van der Waals surface area contributed by atoms with Crippen LogP contribution < -0.4 is 5.32 Å². The predicted molar refractivity (Wildman–Crippen MR) is 79.8 cm³/mol. The van der Waals surface area contributed by atoms with Gasteiger partial charge in [0.2, 0.25) is 0 Å². The monoisotopic (exact) mass is 283 g/mol. The molecular weight excluding hydrogens is 262 g/mol. The van der Waals surface area contributed by atoms with Crippen LogP contribution in [0.5, 0.6) is 0 Å². The molecule has 0 saturated heterocycles. The molecule has 0 unspecified atom stereocenters. The topological polar surface area (TPSA) is 47.7 Å². The van der Waals surface area contributed by atoms with E-state index >= 15 is 0 Å². The second-order valence-corrected chi connectivity index (χ2v) is 5.08. The summed E-state index contributed by atoms with van der Waals surface area (Å²) in [5.74, 6) is 0. The Morgan fingerprint density at radius 3 is 2.11 bits per heavy atom. The molecule has 0 saturated carbocycles. The number of hydrogen-bond acceptors (Lipinski definition) is 3. The summed E-state index contributed by atoms with van der Waals surface area (Å²) in [5, 5.41) is 12.0. The summed E-state index contributed by atoms with van der Waals surface area (Å²) in [6, 6.07) is 0.798. The van der Waals surface area contributed by atoms with Gasteiger partial charge in [0, 0.05) is 36.6 Å². The van der Waals surface area contributed by atoms with Gasteiger partial charge in [0.05, 0.1) is 18.1 Å². The highest BCUT2D eigenvalue weighted by molar-refractivity contribution is 5.85. The molecule has 2 heterocycles. The predicted octanol–water partition coefficient (Wildman–Crippen LogP) is 3.28. The van der Waals surface area contributed by atoms with Crippen LogP contribution in [0.3, 0.4) is 0 Å². The van der Waals surface area contributed by atoms with E-state index in [1.807, 2.05) is 28.0 Å². The highest BCUT2D eigenvalue weighted by Gasteiger charge is 2.04. The number of aromatic nitrogens is 4. The van der Waals surface area contributed by atoms with E-state index < -0.39 is 0 Å². The quantitative estimate of drug-likeness (QED) is 0.916. The molecule has 0 aliphatic rings. The first-order chi connectivity index (χ1) is 8.56. The van der Waals surface area contributed by atoms with E-state index in [0.29, 0.717) is 12.1 Å². The molecule has 2 aromatic rings. The van der Waals surface area contributed by atoms with Gasteiger partial charge in [0.1, 0.15) is 0 Å². The van der Waals surface area contributed by atoms with Crippen LogP contribution in [0, 0.1) is 0 Å². The van der Waals surface area contributed by atoms with E-state index in [9.17, 15) is 0 Å². The van der Waals surface area contributed by atoms with Gasteiger partial charge in [-0.3, -0.25) is 9.36 Å². The number of rotatable bonds is 5. The van der Waals surface area contributed by atoms with Gasteiger partial charge >= 0.3 is 0 Å². The molecule has 0 aliphatic heterocycles. The maximum atomic E-state index is 4.32. The minimum atomic E-state index is 0. The number of anilines is 1. The van der Waals surface area contributed by atoms with Crippen LogP contribution in [0.2, 0.25) is 0 Å². The third-order valence-electron chi connectivity index (χ3n) is 2.81. The number of nitrogens with one attached hydrogen (secondary N) is 1. The molecule has 106 valence electrons. The van der Waals surface area contributed by atoms with Gasteiger partial charge < -0.3 is 5.32 Å². The van der Waals surface area contributed by atoms with E-state index in [2.05, 4.69) is 49.4 Å². The third-order valence-corrected chi connectivity index (χ3v) is 2.81. The van der Waals surface area contributed by atoms with Crippen LogP contribution >= 0.6 is 12.4 Å². The second-order valence-electron chi connectivity index (χ2n) is 5.08. The largest absolute Gasteiger partial charge is 0.378 e. The summed E-state index contributed by atoms with van der Waals surface area (Å²) in [6.45, 7) is 9.25. The molecule has 0 fully saturated rings. The molecule has 6 heteroatoms. The number of halogens is 1. The molecule has 0 amide bonds. The van der Waals surface area contributed by atoms with Crippen LogP contribution in [0.25, 0.3) is 0 Å². The molecule has 0 radical (unpaired) electrons. The summed E-state index contributed by atoms with van der Waals surface area (Å²) in [5.41, 5.74) is 2.22. The first-order valence-electron chi connectivity index (χ1n) is 6.37. The molecule has 2 rings (SSSR count). The first kappa shape index (κ1) is 15.6. The Hall–Kier alpha value is -1.49. The molecular formula is C13H22ClN5. The lowest BCUT2D eigenvalue weighted by Crippen LogP contribution is -2.01. The van der Waals surface area contributed by atoms with Gasteiger partial charge in [-0.25, -0.2) is 0 Å². The molecule has 0 aliphatic carbocycles. The Bertz CT molecular complexity index is 454. The summed E-state index contributed by atoms with van der Waals surface area (Å²) in [4.78, 5) is 0. The summed E-state index contributed by atoms with van der Waals surface area (Å²) < 4.78 is 3.91. The van der Waals surface area contributed by atoms with E-state index in [4.69, 9.17) is 0 Å². The standard InChI is InChI=1S/C13H21N5.ClH/c1-10(2)17-8-12(6-15-17)5-14-13-7-16-18(9-13)11(3)4;/h6-11,14H,5H2,1-4H3;1H. The van der Waals surface area contributed by atoms with Crippen LogP contribution in [-0.2, 0) is 6.54 Å². The average Bonchev–Trinajstić information content (AvgIpc) is 2.95. The summed E-state index contributed by atoms with van der Waals surface area (Å²) in [6.07, 6.45) is 7.86. The van der Waals surface area contributed by atoms with Crippen molar-refractivity contribution in [3.63, 3.8) is 0 Å². The van der Waals surface area contributed by atoms with Gasteiger partial charge in [-0.05, 0) is 27.7 Å². The maximum absolute atomic E-state index is 4.32. The van der Waals surface area contributed by atoms with Gasteiger partial charge in [0.15, 0.2) is 0 Å². The molecule has 0 aromatic carbocycles. The van der Waals surface area contributed by atoms with Crippen molar-refractivity contribution in [1.29, 1.82) is 0 Å². The van der Waals surface area contributed by atoms with Crippen molar-refractivity contribution in [1.82, 2.24) is 19.6 Å². The first-order valence-corrected chi connectivity index (χ1v) is 6.37. The lowest BCUT2D eigenvalue weighted by Gasteiger charge is -2.04. The van der Waals surface area contributed by atoms with E-state index in [-0.39, 0.29) is 12.4 Å². The van der Waals surface area contributed by atoms with Crippen molar-refractivity contribution in [3.8, 4) is 0 Å². The summed E-state index contributed by atoms with van der Waals surface area (Å²) >= 11 is 0. The van der Waals surface area contributed by atoms with Crippen LogP contribution in [0.15, 0.2) is 24.8 Å². The molecule has 0 bridgehead atoms. The van der Waals surface area contributed by atoms with Crippen molar-refractivity contribution in [2.75, 3.05) is 5.32 Å². The Balaban J connectivity index is 0.00000180. The van der Waals surface area contributed by atoms with Crippen molar-refractivity contribution >= 4 is 18.1 Å². The van der Waals surface area contributed by atoms with Crippen molar-refractivity contribution in [2.24, 2.45) is 0 Å². The Labute approximate surface area is 120 Å². The summed E-state index contributed by atoms with van der Waals surface area (Å²) in [7, 11) is 0. The highest BCUT2D eigenvalue weighted by Crippen LogP contribution is 2.12. The van der Waals surface area contributed by atoms with Gasteiger partial charge in [0.25, 0.3) is 0 Å². The smallest absolute Gasteiger partial charge is 0.0729 e. The zero-order valence-corrected chi connectivity index (χ0v) is 12.7. The molecule has 2 aromatic heterocycles. The van der Waals surface area contributed by atoms with Gasteiger partial charge in [-0.1, -0.05) is 0 Å². The van der Waals surface area contributed by atoms with Crippen LogP contribution in [0.1, 0.15) is 45.3 Å². The lowest BCUT2D eigenvalue weighted by molar-refractivity contribution is 0.532. The van der Waals surface area contributed by atoms with Crippen molar-refractivity contribution in [3.05, 3.63) is 30.4 Å². The Kier molecular flexibility index (Phi) is 5.42. The van der Waals surface area contributed by atoms with E-state index in [0.717, 1.165) is 12.2 Å². The van der Waals surface area contributed by atoms with Crippen molar-refractivity contribution < 1.29 is 0 Å². The second kappa shape index (κ2) is 6.61. The fourth-order valence-corrected chi connectivity index (χ4v) is 1.67. The SMILES string of the molecule is CC(C)n1cc(CNc2cnn(C(C)C)c2)cn1.Cl. The molecule has 1 N–H and O–H groups in total. The van der Waals surface area contributed by atoms with Crippen LogP contribution in [0.4, 0.5) is 5.69 Å². The lowest BCUT2D eigenvalue weighted by atomic mass is 10.3. The Morgan fingerprint density at radius 2 is 1.58 bits per heavy atom. The minimum Gasteiger partial charge on any atom is -0.378 e. The van der Waals surface area contributed by atoms with Crippen molar-refractivity contribution in [2.45, 2.75) is 46.3 Å². The van der Waals surface area contributed by atoms with E-state index in [1.54, 1.807) is 0 Å². The molecule has 0 spiro atoms. The highest BCUT2D eigenvalue weighted by atomic mass is 35.5. The maximum Gasteiger partial charge on any atom is 0.0729 e. The minimum absolute atomic E-state index is 0. The molecule has 0 atom stereocenters. The number of hydrogen-bond donors (Lipinski definition) is 1. The third kappa shape index (κ3) is 3.99. The molecule has 19 heavy (non-hydrogen) atoms. The van der Waals surface area contributed by atoms with Gasteiger partial charge in [-0.2, -0.15) is 10.2 Å². The fraction of sp³-hybridized carbons (Fsp3) is 0.538. The van der Waals surface area contributed by atoms with Crippen LogP contribution in [-0.4, -0.2) is 19.6 Å². The van der Waals surface area contributed by atoms with E-state index in [1.165, 1.54) is 5.56 Å². The molecule has 5 nitrogen and oxygen atoms in total. The fourth-order valence-electron chi connectivity index (χ4n) is 1.67.